The molecule has 0 spiro atoms. The number of carbonyl (C=O) groups is 1. The van der Waals surface area contributed by atoms with Gasteiger partial charge in [0.1, 0.15) is 17.7 Å². The molecule has 2 aliphatic carbocycles. The number of aliphatic hydroxyl groups excluding tert-OH is 1. The van der Waals surface area contributed by atoms with Crippen molar-refractivity contribution < 1.29 is 41.3 Å². The Morgan fingerprint density at radius 1 is 1.10 bits per heavy atom. The van der Waals surface area contributed by atoms with Gasteiger partial charge in [0.2, 0.25) is 10.0 Å². The summed E-state index contributed by atoms with van der Waals surface area (Å²) in [7, 11) is -4.13. The van der Waals surface area contributed by atoms with Crippen LogP contribution in [0.3, 0.4) is 0 Å². The molecule has 48 heavy (non-hydrogen) atoms. The van der Waals surface area contributed by atoms with Gasteiger partial charge in [0.15, 0.2) is 11.4 Å². The van der Waals surface area contributed by atoms with Gasteiger partial charge in [0.25, 0.3) is 0 Å². The summed E-state index contributed by atoms with van der Waals surface area (Å²) in [5.41, 5.74) is 0.860. The number of amides is 1. The molecule has 0 unspecified atom stereocenters. The van der Waals surface area contributed by atoms with E-state index in [1.807, 2.05) is 13.8 Å². The van der Waals surface area contributed by atoms with Crippen LogP contribution in [-0.4, -0.2) is 85.8 Å². The third-order valence-electron chi connectivity index (χ3n) is 9.54. The number of carbonyl (C=O) groups excluding carboxylic acids is 1. The average molecular weight is 707 g/mol. The molecule has 4 aliphatic rings. The largest absolute Gasteiger partial charge is 0.445 e. The molecule has 2 aliphatic heterocycles. The molecule has 1 amide bonds. The molecule has 15 heteroatoms. The Morgan fingerprint density at radius 3 is 2.58 bits per heavy atom. The van der Waals surface area contributed by atoms with Crippen molar-refractivity contribution in [3.8, 4) is 0 Å². The highest BCUT2D eigenvalue weighted by Gasteiger charge is 2.56. The number of halogens is 2. The second kappa shape index (κ2) is 13.4. The lowest BCUT2D eigenvalue weighted by Gasteiger charge is -2.31. The van der Waals surface area contributed by atoms with Gasteiger partial charge >= 0.3 is 6.09 Å². The summed E-state index contributed by atoms with van der Waals surface area (Å²) in [6, 6.07) is 6.96. The zero-order valence-corrected chi connectivity index (χ0v) is 28.3. The maximum Gasteiger partial charge on any atom is 0.407 e. The molecule has 3 heterocycles. The average Bonchev–Trinajstić information content (AvgIpc) is 3.47. The zero-order valence-electron chi connectivity index (χ0n) is 26.7. The van der Waals surface area contributed by atoms with E-state index in [2.05, 4.69) is 15.6 Å². The fourth-order valence-corrected chi connectivity index (χ4v) is 9.82. The Kier molecular flexibility index (Phi) is 9.36. The topological polar surface area (TPSA) is 139 Å². The van der Waals surface area contributed by atoms with Gasteiger partial charge in [-0.15, -0.1) is 0 Å². The van der Waals surface area contributed by atoms with Crippen molar-refractivity contribution >= 4 is 42.8 Å². The molecule has 7 rings (SSSR count). The number of benzene rings is 2. The first-order chi connectivity index (χ1) is 22.9. The van der Waals surface area contributed by atoms with Crippen LogP contribution in [0.2, 0.25) is 0 Å². The minimum atomic E-state index is -4.13. The maximum absolute atomic E-state index is 14.2. The smallest absolute Gasteiger partial charge is 0.407 e. The molecule has 3 N–H and O–H groups in total. The number of nitrogens with zero attached hydrogens (tertiary/aromatic N) is 2. The number of alkyl carbamates (subject to hydrolysis) is 1. The molecule has 1 aromatic heterocycles. The Balaban J connectivity index is 1.11. The van der Waals surface area contributed by atoms with Crippen LogP contribution in [0.4, 0.5) is 18.7 Å². The van der Waals surface area contributed by atoms with Crippen molar-refractivity contribution in [2.75, 3.05) is 31.6 Å². The summed E-state index contributed by atoms with van der Waals surface area (Å²) in [4.78, 5) is 18.0. The predicted molar refractivity (Wildman–Crippen MR) is 174 cm³/mol. The van der Waals surface area contributed by atoms with Crippen molar-refractivity contribution in [3.63, 3.8) is 0 Å². The molecule has 0 radical (unpaired) electrons. The quantitative estimate of drug-likeness (QED) is 0.235. The fraction of sp³-hybridized carbons (Fsp3) is 0.576. The molecule has 2 saturated heterocycles. The van der Waals surface area contributed by atoms with E-state index in [0.717, 1.165) is 42.6 Å². The van der Waals surface area contributed by atoms with E-state index in [4.69, 9.17) is 14.2 Å². The van der Waals surface area contributed by atoms with Crippen LogP contribution in [0, 0.1) is 35.3 Å². The Labute approximate surface area is 282 Å². The predicted octanol–water partition coefficient (Wildman–Crippen LogP) is 4.50. The lowest BCUT2D eigenvalue weighted by Crippen LogP contribution is -2.52. The molecular weight excluding hydrogens is 667 g/mol. The minimum Gasteiger partial charge on any atom is -0.445 e. The van der Waals surface area contributed by atoms with Gasteiger partial charge in [-0.1, -0.05) is 25.2 Å². The Morgan fingerprint density at radius 2 is 1.85 bits per heavy atom. The van der Waals surface area contributed by atoms with E-state index in [1.54, 1.807) is 12.1 Å². The lowest BCUT2D eigenvalue weighted by atomic mass is 9.98. The van der Waals surface area contributed by atoms with E-state index < -0.39 is 52.5 Å². The summed E-state index contributed by atoms with van der Waals surface area (Å²) in [6.07, 6.45) is -0.245. The number of ether oxygens (including phenoxy) is 3. The van der Waals surface area contributed by atoms with E-state index in [0.29, 0.717) is 29.5 Å². The van der Waals surface area contributed by atoms with Gasteiger partial charge in [0, 0.05) is 43.0 Å². The van der Waals surface area contributed by atoms with Crippen molar-refractivity contribution in [3.05, 3.63) is 53.6 Å². The number of nitrogens with one attached hydrogen (secondary N) is 2. The van der Waals surface area contributed by atoms with E-state index >= 15 is 0 Å². The molecule has 3 aromatic rings. The number of fused-ring (bicyclic) bond motifs is 2. The fourth-order valence-electron chi connectivity index (χ4n) is 7.12. The van der Waals surface area contributed by atoms with Crippen LogP contribution in [0.1, 0.15) is 38.7 Å². The number of aromatic nitrogens is 1. The third-order valence-corrected chi connectivity index (χ3v) is 12.3. The lowest BCUT2D eigenvalue weighted by molar-refractivity contribution is -0.169. The first-order valence-electron chi connectivity index (χ1n) is 16.4. The number of thiazole rings is 1. The number of rotatable bonds is 13. The van der Waals surface area contributed by atoms with Crippen LogP contribution >= 0.6 is 11.3 Å². The molecule has 2 bridgehead atoms. The number of hydrogen-bond acceptors (Lipinski definition) is 10. The van der Waals surface area contributed by atoms with Crippen LogP contribution in [-0.2, 0) is 30.7 Å². The molecule has 11 nitrogen and oxygen atoms in total. The first-order valence-corrected chi connectivity index (χ1v) is 18.7. The van der Waals surface area contributed by atoms with Gasteiger partial charge < -0.3 is 30.0 Å². The molecule has 7 atom stereocenters. The van der Waals surface area contributed by atoms with Gasteiger partial charge in [-0.2, -0.15) is 4.31 Å². The summed E-state index contributed by atoms with van der Waals surface area (Å²) in [5.74, 6) is -1.60. The van der Waals surface area contributed by atoms with E-state index in [-0.39, 0.29) is 53.4 Å². The van der Waals surface area contributed by atoms with Crippen LogP contribution in [0.5, 0.6) is 0 Å². The minimum absolute atomic E-state index is 0.00900. The highest BCUT2D eigenvalue weighted by molar-refractivity contribution is 7.89. The molecular formula is C33H40F2N4O7S2. The third kappa shape index (κ3) is 7.17. The SMILES string of the molecule is CC(C)CN(C[C@@H](O)[C@H](Cc1cc(F)cc(F)c1)NC(=O)O[C@H]1[C@H]2CO[C@H]3OC[C@@H]1[C@H]3C2)S(=O)(=O)c1ccc2nc(NC3CC3)sc2c1. The number of aliphatic hydroxyl groups is 1. The monoisotopic (exact) mass is 706 g/mol. The van der Waals surface area contributed by atoms with Crippen LogP contribution in [0.25, 0.3) is 10.2 Å². The van der Waals surface area contributed by atoms with Crippen LogP contribution in [0.15, 0.2) is 41.3 Å². The van der Waals surface area contributed by atoms with Crippen molar-refractivity contribution in [1.82, 2.24) is 14.6 Å². The maximum atomic E-state index is 14.2. The summed E-state index contributed by atoms with van der Waals surface area (Å²) >= 11 is 1.38. The molecule has 4 fully saturated rings. The van der Waals surface area contributed by atoms with Crippen molar-refractivity contribution in [1.29, 1.82) is 0 Å². The van der Waals surface area contributed by atoms with Gasteiger partial charge in [-0.25, -0.2) is 27.0 Å². The highest BCUT2D eigenvalue weighted by atomic mass is 32.2. The molecule has 2 saturated carbocycles. The standard InChI is InChI=1S/C33H40F2N4O7S2/c1-17(2)13-39(48(42,43)23-5-6-26-29(12-23)47-32(37-26)36-22-3-4-22)14-28(40)27(9-18-7-20(34)11-21(35)8-18)38-33(41)46-30-19-10-24-25(30)16-45-31(24)44-15-19/h5-8,11-12,17,19,22,24-25,27-28,30-31,40H,3-4,9-10,13-16H2,1-2H3,(H,36,37)(H,38,41)/t19-,24-,25-,27+,28-,30+,31+/m1/s1. The van der Waals surface area contributed by atoms with Gasteiger partial charge in [-0.3, -0.25) is 0 Å². The second-order valence-electron chi connectivity index (χ2n) is 13.8. The van der Waals surface area contributed by atoms with Gasteiger partial charge in [0.05, 0.1) is 40.5 Å². The summed E-state index contributed by atoms with van der Waals surface area (Å²) < 4.78 is 75.8. The number of hydrogen-bond donors (Lipinski definition) is 3. The van der Waals surface area contributed by atoms with E-state index in [9.17, 15) is 27.1 Å². The highest BCUT2D eigenvalue weighted by Crippen LogP contribution is 2.49. The number of anilines is 1. The number of sulfonamides is 1. The second-order valence-corrected chi connectivity index (χ2v) is 16.8. The normalized spacial score (nSPS) is 26.3. The molecule has 2 aromatic carbocycles. The molecule has 260 valence electrons. The van der Waals surface area contributed by atoms with Crippen molar-refractivity contribution in [2.45, 2.75) is 75.0 Å². The van der Waals surface area contributed by atoms with Crippen molar-refractivity contribution in [2.24, 2.45) is 23.7 Å². The van der Waals surface area contributed by atoms with Crippen LogP contribution < -0.4 is 10.6 Å². The summed E-state index contributed by atoms with van der Waals surface area (Å²) in [6.45, 7) is 4.22. The van der Waals surface area contributed by atoms with Gasteiger partial charge in [-0.05, 0) is 67.5 Å². The zero-order chi connectivity index (χ0) is 33.7. The van der Waals surface area contributed by atoms with E-state index in [1.165, 1.54) is 21.7 Å². The Hall–Kier alpha value is -2.95. The first kappa shape index (κ1) is 33.5. The summed E-state index contributed by atoms with van der Waals surface area (Å²) in [5, 5.41) is 18.4. The Bertz CT molecular complexity index is 1750.